The summed E-state index contributed by atoms with van der Waals surface area (Å²) >= 11 is 0. The van der Waals surface area contributed by atoms with Crippen LogP contribution in [0, 0.1) is 41.9 Å². The van der Waals surface area contributed by atoms with Crippen LogP contribution in [0.3, 0.4) is 0 Å². The van der Waals surface area contributed by atoms with Gasteiger partial charge in [-0.1, -0.05) is 85.3 Å². The molecule has 6 nitrogen and oxygen atoms in total. The van der Waals surface area contributed by atoms with Gasteiger partial charge < -0.3 is 0 Å². The Morgan fingerprint density at radius 1 is 0.795 bits per heavy atom. The molecule has 6 heteroatoms. The zero-order valence-electron chi connectivity index (χ0n) is 24.3. The van der Waals surface area contributed by atoms with Crippen molar-refractivity contribution in [3.05, 3.63) is 131 Å². The summed E-state index contributed by atoms with van der Waals surface area (Å²) in [4.78, 5) is 10.1. The molecule has 0 aliphatic heterocycles. The maximum atomic E-state index is 9.65. The number of nitriles is 2. The first-order valence-electron chi connectivity index (χ1n) is 14.0. The Balaban J connectivity index is 1.72. The number of hydrogen-bond donors (Lipinski definition) is 0. The first-order chi connectivity index (χ1) is 21.5. The number of allylic oxidation sites excluding steroid dienone is 3. The number of benzene rings is 3. The third kappa shape index (κ3) is 4.66. The molecule has 0 saturated carbocycles. The van der Waals surface area contributed by atoms with Crippen LogP contribution in [0.15, 0.2) is 109 Å². The Bertz CT molecular complexity index is 2290. The molecule has 0 radical (unpaired) electrons. The molecule has 6 aromatic rings. The lowest BCUT2D eigenvalue weighted by Crippen LogP contribution is -2.08. The molecule has 0 bridgehead atoms. The SMILES string of the molecule is C#Cc1c(/C=C(\C)C#N)c2ccccc2n1-c1cc(-n2c(C)c(/C=C(/C#N)C=C)c3ccccc32)nc(-c2ccccc2)n1. The fraction of sp³-hybridized carbons (Fsp3) is 0.0526. The maximum Gasteiger partial charge on any atom is 0.163 e. The van der Waals surface area contributed by atoms with Gasteiger partial charge in [-0.25, -0.2) is 9.97 Å². The highest BCUT2D eigenvalue weighted by Gasteiger charge is 2.21. The molecule has 0 N–H and O–H groups in total. The molecule has 0 aliphatic carbocycles. The van der Waals surface area contributed by atoms with E-state index in [9.17, 15) is 10.5 Å². The number of rotatable bonds is 6. The second kappa shape index (κ2) is 11.5. The van der Waals surface area contributed by atoms with Crippen molar-refractivity contribution in [2.24, 2.45) is 0 Å². The monoisotopic (exact) mass is 566 g/mol. The minimum atomic E-state index is 0.468. The lowest BCUT2D eigenvalue weighted by Gasteiger charge is -2.14. The summed E-state index contributed by atoms with van der Waals surface area (Å²) in [5, 5.41) is 21.1. The van der Waals surface area contributed by atoms with Gasteiger partial charge in [0, 0.05) is 44.8 Å². The molecule has 0 fully saturated rings. The Kier molecular flexibility index (Phi) is 7.22. The van der Waals surface area contributed by atoms with E-state index in [0.29, 0.717) is 34.3 Å². The van der Waals surface area contributed by atoms with Crippen molar-refractivity contribution >= 4 is 34.0 Å². The van der Waals surface area contributed by atoms with Crippen LogP contribution in [0.25, 0.3) is 57.0 Å². The first-order valence-corrected chi connectivity index (χ1v) is 14.0. The quantitative estimate of drug-likeness (QED) is 0.115. The van der Waals surface area contributed by atoms with Crippen molar-refractivity contribution in [2.75, 3.05) is 0 Å². The van der Waals surface area contributed by atoms with Crippen LogP contribution < -0.4 is 0 Å². The second-order valence-electron chi connectivity index (χ2n) is 10.2. The third-order valence-electron chi connectivity index (χ3n) is 7.59. The van der Waals surface area contributed by atoms with Gasteiger partial charge >= 0.3 is 0 Å². The predicted octanol–water partition coefficient (Wildman–Crippen LogP) is 8.34. The van der Waals surface area contributed by atoms with Gasteiger partial charge in [-0.2, -0.15) is 10.5 Å². The molecule has 0 aliphatic rings. The lowest BCUT2D eigenvalue weighted by atomic mass is 10.1. The van der Waals surface area contributed by atoms with Crippen molar-refractivity contribution in [1.29, 1.82) is 10.5 Å². The summed E-state index contributed by atoms with van der Waals surface area (Å²) in [6.45, 7) is 7.58. The van der Waals surface area contributed by atoms with Crippen molar-refractivity contribution in [1.82, 2.24) is 19.1 Å². The van der Waals surface area contributed by atoms with Crippen LogP contribution in [0.5, 0.6) is 0 Å². The van der Waals surface area contributed by atoms with Crippen molar-refractivity contribution in [3.63, 3.8) is 0 Å². The molecule has 0 amide bonds. The first kappa shape index (κ1) is 27.7. The average Bonchev–Trinajstić information content (AvgIpc) is 3.54. The molecule has 0 unspecified atom stereocenters. The zero-order valence-corrected chi connectivity index (χ0v) is 24.3. The summed E-state index contributed by atoms with van der Waals surface area (Å²) in [5.74, 6) is 4.64. The number of fused-ring (bicyclic) bond motifs is 2. The summed E-state index contributed by atoms with van der Waals surface area (Å²) in [7, 11) is 0. The molecular formula is C38H26N6. The van der Waals surface area contributed by atoms with E-state index in [1.54, 1.807) is 13.0 Å². The zero-order chi connectivity index (χ0) is 30.8. The van der Waals surface area contributed by atoms with Crippen LogP contribution in [-0.2, 0) is 0 Å². The van der Waals surface area contributed by atoms with E-state index in [4.69, 9.17) is 16.4 Å². The molecule has 6 rings (SSSR count). The Morgan fingerprint density at radius 2 is 1.39 bits per heavy atom. The number of terminal acetylenes is 1. The van der Waals surface area contributed by atoms with E-state index in [0.717, 1.165) is 44.2 Å². The van der Waals surface area contributed by atoms with E-state index in [-0.39, 0.29) is 0 Å². The second-order valence-corrected chi connectivity index (χ2v) is 10.2. The fourth-order valence-corrected chi connectivity index (χ4v) is 5.57. The van der Waals surface area contributed by atoms with Crippen LogP contribution in [0.1, 0.15) is 29.4 Å². The van der Waals surface area contributed by atoms with Gasteiger partial charge in [0.25, 0.3) is 0 Å². The smallest absolute Gasteiger partial charge is 0.163 e. The molecule has 3 aromatic carbocycles. The Labute approximate surface area is 255 Å². The van der Waals surface area contributed by atoms with Gasteiger partial charge in [0.15, 0.2) is 5.82 Å². The van der Waals surface area contributed by atoms with Gasteiger partial charge in [-0.3, -0.25) is 9.13 Å². The summed E-state index contributed by atoms with van der Waals surface area (Å²) < 4.78 is 4.04. The number of aromatic nitrogens is 4. The van der Waals surface area contributed by atoms with E-state index >= 15 is 0 Å². The Hall–Kier alpha value is -6.42. The number of hydrogen-bond acceptors (Lipinski definition) is 4. The number of nitrogens with zero attached hydrogens (tertiary/aromatic N) is 6. The number of para-hydroxylation sites is 2. The van der Waals surface area contributed by atoms with Gasteiger partial charge in [-0.05, 0) is 38.1 Å². The Morgan fingerprint density at radius 3 is 2.00 bits per heavy atom. The van der Waals surface area contributed by atoms with Gasteiger partial charge in [0.05, 0.1) is 28.7 Å². The highest BCUT2D eigenvalue weighted by Crippen LogP contribution is 2.34. The van der Waals surface area contributed by atoms with Gasteiger partial charge in [0.1, 0.15) is 17.3 Å². The molecule has 3 heterocycles. The lowest BCUT2D eigenvalue weighted by molar-refractivity contribution is 0.940. The summed E-state index contributed by atoms with van der Waals surface area (Å²) in [6, 6.07) is 32.1. The van der Waals surface area contributed by atoms with Gasteiger partial charge in [0.2, 0.25) is 0 Å². The van der Waals surface area contributed by atoms with Crippen LogP contribution in [-0.4, -0.2) is 19.1 Å². The minimum absolute atomic E-state index is 0.468. The maximum absolute atomic E-state index is 9.65. The molecule has 0 saturated heterocycles. The standard InChI is InChI=1S/C38H26N6/c1-5-27(24-40)21-31-26(4)43(34-18-12-10-16-29(31)34)36-22-37(42-38(41-36)28-14-8-7-9-15-28)44-33(6-2)32(20-25(3)23-39)30-17-11-13-19-35(30)44/h2,5,7-22H,1H2,3-4H3/b25-20+,27-21+. The van der Waals surface area contributed by atoms with Crippen molar-refractivity contribution in [2.45, 2.75) is 13.8 Å². The van der Waals surface area contributed by atoms with Crippen LogP contribution >= 0.6 is 0 Å². The van der Waals surface area contributed by atoms with Crippen molar-refractivity contribution < 1.29 is 0 Å². The van der Waals surface area contributed by atoms with Crippen molar-refractivity contribution in [3.8, 4) is 47.5 Å². The highest BCUT2D eigenvalue weighted by molar-refractivity contribution is 5.95. The van der Waals surface area contributed by atoms with E-state index in [1.807, 2.05) is 109 Å². The molecule has 208 valence electrons. The van der Waals surface area contributed by atoms with Crippen LogP contribution in [0.2, 0.25) is 0 Å². The predicted molar refractivity (Wildman–Crippen MR) is 177 cm³/mol. The third-order valence-corrected chi connectivity index (χ3v) is 7.59. The average molecular weight is 567 g/mol. The van der Waals surface area contributed by atoms with E-state index in [1.165, 1.54) is 0 Å². The molecule has 0 atom stereocenters. The molecule has 44 heavy (non-hydrogen) atoms. The van der Waals surface area contributed by atoms with E-state index in [2.05, 4.69) is 29.2 Å². The summed E-state index contributed by atoms with van der Waals surface area (Å²) in [5.41, 5.74) is 6.86. The highest BCUT2D eigenvalue weighted by atomic mass is 15.1. The van der Waals surface area contributed by atoms with E-state index < -0.39 is 0 Å². The molecular weight excluding hydrogens is 540 g/mol. The normalized spacial score (nSPS) is 11.7. The minimum Gasteiger partial charge on any atom is -0.298 e. The van der Waals surface area contributed by atoms with Crippen LogP contribution in [0.4, 0.5) is 0 Å². The fourth-order valence-electron chi connectivity index (χ4n) is 5.57. The molecule has 3 aromatic heterocycles. The summed E-state index contributed by atoms with van der Waals surface area (Å²) in [6.07, 6.45) is 11.4. The topological polar surface area (TPSA) is 83.2 Å². The largest absolute Gasteiger partial charge is 0.298 e. The molecule has 0 spiro atoms. The van der Waals surface area contributed by atoms with Gasteiger partial charge in [-0.15, -0.1) is 6.42 Å².